The number of hydrogen-bond donors (Lipinski definition) is 3. The van der Waals surface area contributed by atoms with E-state index < -0.39 is 18.2 Å². The fraction of sp³-hybridized carbons (Fsp3) is 0.929. The van der Waals surface area contributed by atoms with Crippen molar-refractivity contribution in [2.24, 2.45) is 46.3 Å². The fourth-order valence-electron chi connectivity index (χ4n) is 8.97. The Morgan fingerprint density at radius 3 is 2.47 bits per heavy atom. The fourth-order valence-corrected chi connectivity index (χ4v) is 8.97. The van der Waals surface area contributed by atoms with Crippen molar-refractivity contribution in [3.63, 3.8) is 0 Å². The number of aliphatic hydroxyl groups excluding tert-OH is 1. The first-order valence-electron chi connectivity index (χ1n) is 13.9. The summed E-state index contributed by atoms with van der Waals surface area (Å²) in [6.45, 7) is 11.7. The lowest BCUT2D eigenvalue weighted by molar-refractivity contribution is -0.196. The van der Waals surface area contributed by atoms with Crippen LogP contribution in [0.15, 0.2) is 0 Å². The minimum absolute atomic E-state index is 0.0862. The zero-order valence-corrected chi connectivity index (χ0v) is 21.9. The molecule has 4 rings (SSSR count). The number of rotatable bonds is 7. The van der Waals surface area contributed by atoms with Crippen LogP contribution in [0.3, 0.4) is 0 Å². The maximum absolute atomic E-state index is 12.1. The molecular formula is C28H47NO5. The summed E-state index contributed by atoms with van der Waals surface area (Å²) in [5.41, 5.74) is -0.194. The molecule has 0 bridgehead atoms. The van der Waals surface area contributed by atoms with Crippen molar-refractivity contribution in [1.29, 1.82) is 0 Å². The summed E-state index contributed by atoms with van der Waals surface area (Å²) in [7, 11) is 0. The highest BCUT2D eigenvalue weighted by Crippen LogP contribution is 2.67. The maximum atomic E-state index is 12.1. The minimum Gasteiger partial charge on any atom is -0.481 e. The second-order valence-corrected chi connectivity index (χ2v) is 12.8. The van der Waals surface area contributed by atoms with E-state index in [2.05, 4.69) is 33.0 Å². The molecule has 10 atom stereocenters. The summed E-state index contributed by atoms with van der Waals surface area (Å²) in [5.74, 6) is 1.32. The number of fused-ring (bicyclic) bond motifs is 5. The van der Waals surface area contributed by atoms with E-state index in [0.717, 1.165) is 57.9 Å². The molecule has 0 saturated heterocycles. The van der Waals surface area contributed by atoms with E-state index >= 15 is 0 Å². The summed E-state index contributed by atoms with van der Waals surface area (Å²) >= 11 is 0. The normalized spacial score (nSPS) is 45.9. The van der Waals surface area contributed by atoms with Gasteiger partial charge in [-0.25, -0.2) is 0 Å². The van der Waals surface area contributed by atoms with Gasteiger partial charge in [0, 0.05) is 12.5 Å². The predicted molar refractivity (Wildman–Crippen MR) is 131 cm³/mol. The molecule has 0 aliphatic heterocycles. The summed E-state index contributed by atoms with van der Waals surface area (Å²) in [5, 5.41) is 25.2. The molecule has 0 aromatic carbocycles. The van der Waals surface area contributed by atoms with Crippen LogP contribution in [0.2, 0.25) is 0 Å². The Balaban J connectivity index is 1.63. The molecule has 0 spiro atoms. The van der Waals surface area contributed by atoms with Gasteiger partial charge in [-0.3, -0.25) is 9.59 Å². The number of aliphatic carboxylic acids is 1. The van der Waals surface area contributed by atoms with E-state index in [1.54, 1.807) is 6.92 Å². The molecule has 0 heterocycles. The largest absolute Gasteiger partial charge is 0.481 e. The Labute approximate surface area is 205 Å². The van der Waals surface area contributed by atoms with E-state index in [1.807, 2.05) is 0 Å². The number of carboxylic acids is 1. The Morgan fingerprint density at radius 1 is 1.09 bits per heavy atom. The first-order valence-corrected chi connectivity index (χ1v) is 13.9. The van der Waals surface area contributed by atoms with Gasteiger partial charge in [-0.05, 0) is 98.3 Å². The number of carbonyl (C=O) groups excluding carboxylic acids is 1. The molecule has 4 aliphatic rings. The molecule has 4 fully saturated rings. The van der Waals surface area contributed by atoms with Crippen molar-refractivity contribution >= 4 is 11.9 Å². The van der Waals surface area contributed by atoms with E-state index in [4.69, 9.17) is 4.74 Å². The lowest BCUT2D eigenvalue weighted by Crippen LogP contribution is -2.68. The van der Waals surface area contributed by atoms with Gasteiger partial charge < -0.3 is 20.3 Å². The monoisotopic (exact) mass is 477 g/mol. The van der Waals surface area contributed by atoms with Crippen LogP contribution in [0.5, 0.6) is 0 Å². The summed E-state index contributed by atoms with van der Waals surface area (Å²) < 4.78 is 5.77. The van der Waals surface area contributed by atoms with Gasteiger partial charge in [0.15, 0.2) is 0 Å². The molecule has 0 radical (unpaired) electrons. The van der Waals surface area contributed by atoms with Crippen LogP contribution in [-0.2, 0) is 14.3 Å². The van der Waals surface area contributed by atoms with Gasteiger partial charge in [0.05, 0.1) is 5.92 Å². The van der Waals surface area contributed by atoms with Crippen molar-refractivity contribution in [3.05, 3.63) is 0 Å². The van der Waals surface area contributed by atoms with Crippen LogP contribution < -0.4 is 5.32 Å². The lowest BCUT2D eigenvalue weighted by Gasteiger charge is -2.64. The SMILES string of the molecule is CCC(=O)OC1CC2CC[C@@H]3[C@@H](CC[C@]4(C)C(C(=O)O)CC[C@@H]34)[C@@]2(C)C(NCCC(C)C)C1O. The molecule has 6 heteroatoms. The molecule has 0 amide bonds. The molecular weight excluding hydrogens is 430 g/mol. The van der Waals surface area contributed by atoms with Gasteiger partial charge in [-0.15, -0.1) is 0 Å². The van der Waals surface area contributed by atoms with Gasteiger partial charge >= 0.3 is 11.9 Å². The Morgan fingerprint density at radius 2 is 1.82 bits per heavy atom. The van der Waals surface area contributed by atoms with Crippen molar-refractivity contribution in [2.45, 2.75) is 111 Å². The molecule has 34 heavy (non-hydrogen) atoms. The van der Waals surface area contributed by atoms with Crippen molar-refractivity contribution < 1.29 is 24.5 Å². The standard InChI is InChI=1S/C28H47NO5/c1-6-23(30)34-22-15-17-7-8-18-19-9-10-21(26(32)33)27(19,4)13-11-20(18)28(17,5)25(24(22)31)29-14-12-16(2)3/h16-22,24-25,29,31H,6-15H2,1-5H3,(H,32,33)/t17?,18-,19-,20+,21?,22?,24?,25?,27-,28-/m0/s1. The zero-order valence-electron chi connectivity index (χ0n) is 21.9. The summed E-state index contributed by atoms with van der Waals surface area (Å²) in [6, 6.07) is -0.117. The number of carbonyl (C=O) groups is 2. The van der Waals surface area contributed by atoms with Gasteiger partial charge in [0.25, 0.3) is 0 Å². The number of ether oxygens (including phenoxy) is 1. The minimum atomic E-state index is -0.716. The van der Waals surface area contributed by atoms with Crippen molar-refractivity contribution in [3.8, 4) is 0 Å². The topological polar surface area (TPSA) is 95.9 Å². The second kappa shape index (κ2) is 9.72. The second-order valence-electron chi connectivity index (χ2n) is 12.8. The molecule has 0 aromatic rings. The quantitative estimate of drug-likeness (QED) is 0.463. The van der Waals surface area contributed by atoms with Crippen LogP contribution in [0.1, 0.15) is 92.4 Å². The van der Waals surface area contributed by atoms with E-state index in [-0.39, 0.29) is 28.8 Å². The number of nitrogens with one attached hydrogen (secondary N) is 1. The lowest BCUT2D eigenvalue weighted by atomic mass is 9.43. The summed E-state index contributed by atoms with van der Waals surface area (Å²) in [6.07, 6.45) is 6.93. The average molecular weight is 478 g/mol. The van der Waals surface area contributed by atoms with Gasteiger partial charge in [-0.2, -0.15) is 0 Å². The summed E-state index contributed by atoms with van der Waals surface area (Å²) in [4.78, 5) is 24.2. The average Bonchev–Trinajstić information content (AvgIpc) is 3.14. The molecule has 5 unspecified atom stereocenters. The van der Waals surface area contributed by atoms with E-state index in [0.29, 0.717) is 36.0 Å². The first-order chi connectivity index (χ1) is 16.0. The molecule has 3 N–H and O–H groups in total. The van der Waals surface area contributed by atoms with Gasteiger partial charge in [-0.1, -0.05) is 34.6 Å². The number of aliphatic hydroxyl groups is 1. The van der Waals surface area contributed by atoms with Crippen molar-refractivity contribution in [2.75, 3.05) is 6.54 Å². The maximum Gasteiger partial charge on any atom is 0.307 e. The Bertz CT molecular complexity index is 770. The van der Waals surface area contributed by atoms with Crippen LogP contribution in [0, 0.1) is 46.3 Å². The number of hydrogen-bond acceptors (Lipinski definition) is 5. The third kappa shape index (κ3) is 4.21. The van der Waals surface area contributed by atoms with E-state index in [9.17, 15) is 19.8 Å². The molecule has 4 aliphatic carbocycles. The first kappa shape index (κ1) is 25.9. The zero-order chi connectivity index (χ0) is 24.8. The highest BCUT2D eigenvalue weighted by Gasteiger charge is 2.65. The van der Waals surface area contributed by atoms with Crippen LogP contribution in [0.4, 0.5) is 0 Å². The number of carboxylic acid groups (broad SMARTS) is 1. The van der Waals surface area contributed by atoms with Gasteiger partial charge in [0.2, 0.25) is 0 Å². The Hall–Kier alpha value is -1.14. The predicted octanol–water partition coefficient (Wildman–Crippen LogP) is 4.64. The highest BCUT2D eigenvalue weighted by atomic mass is 16.6. The van der Waals surface area contributed by atoms with Crippen molar-refractivity contribution in [1.82, 2.24) is 5.32 Å². The Kier molecular flexibility index (Phi) is 7.42. The number of esters is 1. The third-order valence-electron chi connectivity index (χ3n) is 10.8. The smallest absolute Gasteiger partial charge is 0.307 e. The molecule has 194 valence electrons. The van der Waals surface area contributed by atoms with Crippen LogP contribution in [-0.4, -0.2) is 46.9 Å². The van der Waals surface area contributed by atoms with E-state index in [1.165, 1.54) is 0 Å². The molecule has 4 saturated carbocycles. The van der Waals surface area contributed by atoms with Crippen LogP contribution in [0.25, 0.3) is 0 Å². The molecule has 0 aromatic heterocycles. The van der Waals surface area contributed by atoms with Gasteiger partial charge in [0.1, 0.15) is 12.2 Å². The highest BCUT2D eigenvalue weighted by molar-refractivity contribution is 5.71. The molecule has 6 nitrogen and oxygen atoms in total. The third-order valence-corrected chi connectivity index (χ3v) is 10.8. The van der Waals surface area contributed by atoms with Crippen LogP contribution >= 0.6 is 0 Å².